The second-order valence-corrected chi connectivity index (χ2v) is 6.67. The van der Waals surface area contributed by atoms with E-state index in [0.29, 0.717) is 23.1 Å². The van der Waals surface area contributed by atoms with Gasteiger partial charge in [0.15, 0.2) is 6.61 Å². The first-order valence-electron chi connectivity index (χ1n) is 8.05. The third kappa shape index (κ3) is 5.22. The summed E-state index contributed by atoms with van der Waals surface area (Å²) in [7, 11) is 0. The maximum atomic E-state index is 11.9. The van der Waals surface area contributed by atoms with Crippen LogP contribution in [0.3, 0.4) is 0 Å². The van der Waals surface area contributed by atoms with Crippen molar-refractivity contribution < 1.29 is 14.3 Å². The monoisotopic (exact) mass is 438 g/mol. The zero-order valence-corrected chi connectivity index (χ0v) is 17.1. The minimum atomic E-state index is -0.368. The molecule has 0 aliphatic rings. The second kappa shape index (κ2) is 9.59. The molecule has 0 aliphatic heterocycles. The average molecular weight is 440 g/mol. The Hall–Kier alpha value is -2.05. The third-order valence-electron chi connectivity index (χ3n) is 3.54. The van der Waals surface area contributed by atoms with E-state index < -0.39 is 0 Å². The van der Waals surface area contributed by atoms with E-state index in [4.69, 9.17) is 21.1 Å². The number of nitrogens with zero attached hydrogens (tertiary/aromatic N) is 1. The van der Waals surface area contributed by atoms with Crippen LogP contribution in [0.15, 0.2) is 39.9 Å². The van der Waals surface area contributed by atoms with Gasteiger partial charge < -0.3 is 9.47 Å². The predicted octanol–water partition coefficient (Wildman–Crippen LogP) is 4.65. The summed E-state index contributed by atoms with van der Waals surface area (Å²) in [5, 5.41) is 4.62. The highest BCUT2D eigenvalue weighted by molar-refractivity contribution is 9.10. The summed E-state index contributed by atoms with van der Waals surface area (Å²) in [6, 6.07) is 9.24. The van der Waals surface area contributed by atoms with Crippen molar-refractivity contribution >= 4 is 39.7 Å². The Bertz CT molecular complexity index is 825. The van der Waals surface area contributed by atoms with E-state index in [1.54, 1.807) is 6.07 Å². The van der Waals surface area contributed by atoms with E-state index in [0.717, 1.165) is 21.2 Å². The molecule has 0 radical (unpaired) electrons. The highest BCUT2D eigenvalue weighted by Gasteiger charge is 2.12. The number of hydrazone groups is 1. The Kier molecular flexibility index (Phi) is 7.48. The number of carbonyl (C=O) groups excluding carboxylic acids is 1. The molecule has 1 N–H and O–H groups in total. The summed E-state index contributed by atoms with van der Waals surface area (Å²) >= 11 is 9.62. The van der Waals surface area contributed by atoms with E-state index >= 15 is 0 Å². The third-order valence-corrected chi connectivity index (χ3v) is 5.11. The number of nitrogens with one attached hydrogen (secondary N) is 1. The lowest BCUT2D eigenvalue weighted by atomic mass is 10.1. The van der Waals surface area contributed by atoms with Crippen molar-refractivity contribution in [3.05, 3.63) is 56.5 Å². The van der Waals surface area contributed by atoms with Crippen LogP contribution >= 0.6 is 27.5 Å². The minimum absolute atomic E-state index is 0.163. The van der Waals surface area contributed by atoms with Crippen LogP contribution < -0.4 is 14.9 Å². The van der Waals surface area contributed by atoms with Crippen molar-refractivity contribution in [3.63, 3.8) is 0 Å². The quantitative estimate of drug-likeness (QED) is 0.505. The lowest BCUT2D eigenvalue weighted by Gasteiger charge is -2.12. The molecular weight excluding hydrogens is 420 g/mol. The topological polar surface area (TPSA) is 59.9 Å². The Labute approximate surface area is 166 Å². The van der Waals surface area contributed by atoms with Gasteiger partial charge in [0.2, 0.25) is 0 Å². The van der Waals surface area contributed by atoms with Gasteiger partial charge in [-0.15, -0.1) is 0 Å². The molecule has 0 atom stereocenters. The highest BCUT2D eigenvalue weighted by Crippen LogP contribution is 2.35. The van der Waals surface area contributed by atoms with Crippen molar-refractivity contribution in [2.75, 3.05) is 13.2 Å². The molecule has 1 amide bonds. The zero-order chi connectivity index (χ0) is 19.1. The van der Waals surface area contributed by atoms with Crippen LogP contribution in [0.25, 0.3) is 0 Å². The van der Waals surface area contributed by atoms with E-state index in [9.17, 15) is 4.79 Å². The summed E-state index contributed by atoms with van der Waals surface area (Å²) in [4.78, 5) is 11.9. The molecule has 138 valence electrons. The number of halogens is 2. The number of para-hydroxylation sites is 1. The fourth-order valence-electron chi connectivity index (χ4n) is 2.23. The molecule has 2 rings (SSSR count). The molecule has 0 unspecified atom stereocenters. The number of rotatable bonds is 7. The minimum Gasteiger partial charge on any atom is -0.493 e. The van der Waals surface area contributed by atoms with Crippen molar-refractivity contribution in [3.8, 4) is 11.5 Å². The molecule has 2 aromatic carbocycles. The van der Waals surface area contributed by atoms with Gasteiger partial charge in [0.25, 0.3) is 5.91 Å². The molecule has 2 aromatic rings. The van der Waals surface area contributed by atoms with Gasteiger partial charge in [-0.05, 0) is 66.0 Å². The first kappa shape index (κ1) is 20.3. The maximum Gasteiger partial charge on any atom is 0.277 e. The highest BCUT2D eigenvalue weighted by atomic mass is 79.9. The standard InChI is InChI=1S/C19H20BrClN2O3/c1-4-25-15-8-6-5-7-14(15)10-22-23-17(24)11-26-16-9-12(2)19(21)13(3)18(16)20/h5-10H,4,11H2,1-3H3,(H,23,24)/b22-10+. The van der Waals surface area contributed by atoms with E-state index in [1.807, 2.05) is 45.0 Å². The van der Waals surface area contributed by atoms with Gasteiger partial charge in [0.05, 0.1) is 17.3 Å². The van der Waals surface area contributed by atoms with Gasteiger partial charge in [0.1, 0.15) is 11.5 Å². The van der Waals surface area contributed by atoms with Crippen LogP contribution in [-0.2, 0) is 4.79 Å². The number of hydrogen-bond acceptors (Lipinski definition) is 4. The summed E-state index contributed by atoms with van der Waals surface area (Å²) in [5.74, 6) is 0.901. The molecule has 26 heavy (non-hydrogen) atoms. The molecule has 0 aromatic heterocycles. The van der Waals surface area contributed by atoms with Crippen LogP contribution in [0.5, 0.6) is 11.5 Å². The molecule has 7 heteroatoms. The van der Waals surface area contributed by atoms with Crippen molar-refractivity contribution in [2.24, 2.45) is 5.10 Å². The normalized spacial score (nSPS) is 10.8. The van der Waals surface area contributed by atoms with Gasteiger partial charge in [-0.1, -0.05) is 23.7 Å². The van der Waals surface area contributed by atoms with Crippen LogP contribution in [-0.4, -0.2) is 25.3 Å². The van der Waals surface area contributed by atoms with Crippen LogP contribution in [0, 0.1) is 13.8 Å². The van der Waals surface area contributed by atoms with Crippen molar-refractivity contribution in [1.82, 2.24) is 5.43 Å². The van der Waals surface area contributed by atoms with E-state index in [-0.39, 0.29) is 12.5 Å². The van der Waals surface area contributed by atoms with E-state index in [1.165, 1.54) is 6.21 Å². The summed E-state index contributed by atoms with van der Waals surface area (Å²) < 4.78 is 11.8. The summed E-state index contributed by atoms with van der Waals surface area (Å²) in [5.41, 5.74) is 4.97. The Morgan fingerprint density at radius 2 is 2.00 bits per heavy atom. The fraction of sp³-hybridized carbons (Fsp3) is 0.263. The number of aryl methyl sites for hydroxylation is 1. The number of carbonyl (C=O) groups is 1. The molecule has 0 spiro atoms. The van der Waals surface area contributed by atoms with Gasteiger partial charge in [-0.2, -0.15) is 5.10 Å². The Morgan fingerprint density at radius 3 is 2.73 bits per heavy atom. The van der Waals surface area contributed by atoms with Gasteiger partial charge in [0, 0.05) is 10.6 Å². The number of amides is 1. The first-order valence-corrected chi connectivity index (χ1v) is 9.22. The SMILES string of the molecule is CCOc1ccccc1/C=N/NC(=O)COc1cc(C)c(Cl)c(C)c1Br. The molecule has 0 saturated carbocycles. The molecule has 0 bridgehead atoms. The zero-order valence-electron chi connectivity index (χ0n) is 14.8. The lowest BCUT2D eigenvalue weighted by molar-refractivity contribution is -0.123. The molecule has 0 fully saturated rings. The Balaban J connectivity index is 1.94. The van der Waals surface area contributed by atoms with Crippen molar-refractivity contribution in [2.45, 2.75) is 20.8 Å². The largest absolute Gasteiger partial charge is 0.493 e. The number of ether oxygens (including phenoxy) is 2. The Morgan fingerprint density at radius 1 is 1.27 bits per heavy atom. The molecule has 0 saturated heterocycles. The summed E-state index contributed by atoms with van der Waals surface area (Å²) in [6.45, 7) is 6.07. The number of benzene rings is 2. The average Bonchev–Trinajstić information content (AvgIpc) is 2.63. The summed E-state index contributed by atoms with van der Waals surface area (Å²) in [6.07, 6.45) is 1.54. The molecule has 5 nitrogen and oxygen atoms in total. The van der Waals surface area contributed by atoms with Crippen molar-refractivity contribution in [1.29, 1.82) is 0 Å². The second-order valence-electron chi connectivity index (χ2n) is 5.50. The van der Waals surface area contributed by atoms with Gasteiger partial charge in [-0.25, -0.2) is 5.43 Å². The fourth-order valence-corrected chi connectivity index (χ4v) is 2.92. The maximum absolute atomic E-state index is 11.9. The number of hydrogen-bond donors (Lipinski definition) is 1. The first-order chi connectivity index (χ1) is 12.4. The lowest BCUT2D eigenvalue weighted by Crippen LogP contribution is -2.24. The van der Waals surface area contributed by atoms with Crippen LogP contribution in [0.4, 0.5) is 0 Å². The van der Waals surface area contributed by atoms with Gasteiger partial charge >= 0.3 is 0 Å². The predicted molar refractivity (Wildman–Crippen MR) is 107 cm³/mol. The van der Waals surface area contributed by atoms with Crippen LogP contribution in [0.2, 0.25) is 5.02 Å². The van der Waals surface area contributed by atoms with Crippen LogP contribution in [0.1, 0.15) is 23.6 Å². The smallest absolute Gasteiger partial charge is 0.277 e. The molecule has 0 heterocycles. The molecule has 0 aliphatic carbocycles. The van der Waals surface area contributed by atoms with Gasteiger partial charge in [-0.3, -0.25) is 4.79 Å². The molecular formula is C19H20BrClN2O3. The van der Waals surface area contributed by atoms with E-state index in [2.05, 4.69) is 26.5 Å².